The van der Waals surface area contributed by atoms with Crippen molar-refractivity contribution < 1.29 is 9.18 Å². The summed E-state index contributed by atoms with van der Waals surface area (Å²) in [6, 6.07) is 20.2. The molecule has 4 rings (SSSR count). The normalized spacial score (nSPS) is 12.6. The number of benzene rings is 3. The second kappa shape index (κ2) is 16.7. The van der Waals surface area contributed by atoms with Crippen LogP contribution in [0.3, 0.4) is 0 Å². The number of ketones is 1. The summed E-state index contributed by atoms with van der Waals surface area (Å²) in [6.45, 7) is 19.5. The van der Waals surface area contributed by atoms with Gasteiger partial charge in [-0.1, -0.05) is 116 Å². The average Bonchev–Trinajstić information content (AvgIpc) is 3.40. The van der Waals surface area contributed by atoms with Gasteiger partial charge in [-0.05, 0) is 83.7 Å². The molecule has 3 aromatic carbocycles. The third-order valence-electron chi connectivity index (χ3n) is 6.05. The number of carbonyl (C=O) groups is 1. The van der Waals surface area contributed by atoms with Crippen molar-refractivity contribution in [2.24, 2.45) is 11.1 Å². The molecule has 212 valence electrons. The predicted octanol–water partition coefficient (Wildman–Crippen LogP) is 10.4. The molecule has 0 amide bonds. The maximum atomic E-state index is 14.4. The Kier molecular flexibility index (Phi) is 14.5. The number of rotatable bonds is 5. The number of aryl methyl sites for hydroxylation is 2. The fourth-order valence-electron chi connectivity index (χ4n) is 4.63. The number of nitrogens with two attached hydrogens (primary N) is 1. The van der Waals surface area contributed by atoms with E-state index in [0.717, 1.165) is 16.7 Å². The zero-order valence-electron chi connectivity index (χ0n) is 25.5. The van der Waals surface area contributed by atoms with Crippen LogP contribution in [0.1, 0.15) is 106 Å². The highest BCUT2D eigenvalue weighted by molar-refractivity contribution is 5.99. The molecule has 0 heterocycles. The molecule has 0 aliphatic heterocycles. The predicted molar refractivity (Wildman–Crippen MR) is 168 cm³/mol. The van der Waals surface area contributed by atoms with Crippen LogP contribution < -0.4 is 5.73 Å². The van der Waals surface area contributed by atoms with E-state index in [-0.39, 0.29) is 17.8 Å². The first kappa shape index (κ1) is 33.8. The van der Waals surface area contributed by atoms with Crippen molar-refractivity contribution in [2.75, 3.05) is 0 Å². The minimum absolute atomic E-state index is 0.170. The molecule has 1 aliphatic carbocycles. The van der Waals surface area contributed by atoms with Gasteiger partial charge in [-0.25, -0.2) is 4.39 Å². The lowest BCUT2D eigenvalue weighted by atomic mass is 9.92. The molecule has 0 bridgehead atoms. The van der Waals surface area contributed by atoms with Gasteiger partial charge in [0.2, 0.25) is 0 Å². The van der Waals surface area contributed by atoms with Crippen LogP contribution in [0.4, 0.5) is 4.39 Å². The summed E-state index contributed by atoms with van der Waals surface area (Å²) in [7, 11) is 0. The Balaban J connectivity index is 0.000000663. The fraction of sp³-hybridized carbons (Fsp3) is 0.417. The molecule has 3 aromatic rings. The highest BCUT2D eigenvalue weighted by atomic mass is 19.1. The molecule has 0 unspecified atom stereocenters. The van der Waals surface area contributed by atoms with E-state index in [9.17, 15) is 9.18 Å². The van der Waals surface area contributed by atoms with Gasteiger partial charge in [0.15, 0.2) is 5.78 Å². The number of hydrogen-bond donors (Lipinski definition) is 1. The largest absolute Gasteiger partial charge is 0.405 e. The standard InChI is InChI=1S/C27H27FO.C5H12.C2H5N.C2H6/c1-18-13-19(2)27(25(28)14-18)26(29)16-20-7-5-10-22(15-20)24-12-6-11-23(17-24)21-8-3-4-9-21;1-5(2,3)4;1-2-3;1-2/h5-7,10-15,17,21H,3-4,8-9,16H2,1-2H3;1-4H3;2H,1,3H2;1-2H3. The molecule has 2 N–H and O–H groups in total. The molecule has 0 atom stereocenters. The van der Waals surface area contributed by atoms with E-state index in [1.165, 1.54) is 49.1 Å². The van der Waals surface area contributed by atoms with E-state index in [4.69, 9.17) is 0 Å². The topological polar surface area (TPSA) is 43.1 Å². The Morgan fingerprint density at radius 1 is 0.949 bits per heavy atom. The van der Waals surface area contributed by atoms with Gasteiger partial charge in [0.25, 0.3) is 0 Å². The van der Waals surface area contributed by atoms with Gasteiger partial charge in [0.05, 0.1) is 5.56 Å². The van der Waals surface area contributed by atoms with Crippen LogP contribution >= 0.6 is 0 Å². The van der Waals surface area contributed by atoms with Crippen molar-refractivity contribution in [2.45, 2.75) is 93.4 Å². The van der Waals surface area contributed by atoms with Gasteiger partial charge < -0.3 is 5.73 Å². The number of carbonyl (C=O) groups excluding carboxylic acids is 1. The smallest absolute Gasteiger partial charge is 0.170 e. The molecule has 3 heteroatoms. The van der Waals surface area contributed by atoms with Crippen LogP contribution in [0.25, 0.3) is 11.1 Å². The monoisotopic (exact) mass is 531 g/mol. The van der Waals surface area contributed by atoms with E-state index in [1.54, 1.807) is 6.92 Å². The highest BCUT2D eigenvalue weighted by Gasteiger charge is 2.18. The van der Waals surface area contributed by atoms with Crippen molar-refractivity contribution >= 4 is 5.78 Å². The second-order valence-corrected chi connectivity index (χ2v) is 11.6. The zero-order valence-corrected chi connectivity index (χ0v) is 25.5. The molecule has 1 saturated carbocycles. The quantitative estimate of drug-likeness (QED) is 0.333. The Morgan fingerprint density at radius 2 is 1.46 bits per heavy atom. The van der Waals surface area contributed by atoms with Gasteiger partial charge in [0, 0.05) is 6.42 Å². The molecule has 0 saturated heterocycles. The van der Waals surface area contributed by atoms with Crippen molar-refractivity contribution in [3.8, 4) is 11.1 Å². The van der Waals surface area contributed by atoms with Crippen molar-refractivity contribution in [3.05, 3.63) is 107 Å². The summed E-state index contributed by atoms with van der Waals surface area (Å²) in [6.07, 6.45) is 6.65. The fourth-order valence-corrected chi connectivity index (χ4v) is 4.63. The van der Waals surface area contributed by atoms with Crippen LogP contribution in [-0.4, -0.2) is 5.78 Å². The number of Topliss-reactive ketones (excluding diaryl/α,β-unsaturated/α-hetero) is 1. The molecular formula is C36H50FNO. The van der Waals surface area contributed by atoms with Crippen LogP contribution in [0.15, 0.2) is 73.4 Å². The molecule has 0 aromatic heterocycles. The summed E-state index contributed by atoms with van der Waals surface area (Å²) in [5, 5.41) is 0. The van der Waals surface area contributed by atoms with Crippen molar-refractivity contribution in [1.29, 1.82) is 0 Å². The lowest BCUT2D eigenvalue weighted by Crippen LogP contribution is -2.09. The third-order valence-corrected chi connectivity index (χ3v) is 6.05. The van der Waals surface area contributed by atoms with Gasteiger partial charge >= 0.3 is 0 Å². The lowest BCUT2D eigenvalue weighted by Gasteiger charge is -2.12. The number of halogens is 1. The molecule has 0 spiro atoms. The van der Waals surface area contributed by atoms with E-state index in [2.05, 4.69) is 76.4 Å². The Hall–Kier alpha value is -3.20. The maximum absolute atomic E-state index is 14.4. The Bertz CT molecular complexity index is 1150. The molecule has 1 aliphatic rings. The van der Waals surface area contributed by atoms with E-state index < -0.39 is 5.82 Å². The first-order valence-electron chi connectivity index (χ1n) is 14.2. The van der Waals surface area contributed by atoms with Crippen molar-refractivity contribution in [3.63, 3.8) is 0 Å². The molecule has 39 heavy (non-hydrogen) atoms. The zero-order chi connectivity index (χ0) is 29.6. The lowest BCUT2D eigenvalue weighted by molar-refractivity contribution is 0.0988. The average molecular weight is 532 g/mol. The van der Waals surface area contributed by atoms with Gasteiger partial charge in [-0.3, -0.25) is 4.79 Å². The van der Waals surface area contributed by atoms with Crippen LogP contribution in [0.5, 0.6) is 0 Å². The van der Waals surface area contributed by atoms with Gasteiger partial charge in [-0.15, -0.1) is 0 Å². The Morgan fingerprint density at radius 3 is 2.00 bits per heavy atom. The first-order valence-corrected chi connectivity index (χ1v) is 14.2. The van der Waals surface area contributed by atoms with Gasteiger partial charge in [0.1, 0.15) is 5.82 Å². The van der Waals surface area contributed by atoms with Crippen LogP contribution in [-0.2, 0) is 6.42 Å². The summed E-state index contributed by atoms with van der Waals surface area (Å²) in [4.78, 5) is 12.8. The minimum Gasteiger partial charge on any atom is -0.405 e. The van der Waals surface area contributed by atoms with Crippen LogP contribution in [0.2, 0.25) is 0 Å². The first-order chi connectivity index (χ1) is 18.4. The SMILES string of the molecule is C=CN.CC.CC(C)(C)C.Cc1cc(C)c(C(=O)Cc2cccc(-c3cccc(C4CCCC4)c3)c2)c(F)c1. The summed E-state index contributed by atoms with van der Waals surface area (Å²) in [5.74, 6) is 0.0805. The minimum atomic E-state index is -0.423. The van der Waals surface area contributed by atoms with E-state index >= 15 is 0 Å². The summed E-state index contributed by atoms with van der Waals surface area (Å²) >= 11 is 0. The van der Waals surface area contributed by atoms with Crippen LogP contribution in [0, 0.1) is 25.1 Å². The molecule has 2 nitrogen and oxygen atoms in total. The van der Waals surface area contributed by atoms with Gasteiger partial charge in [-0.2, -0.15) is 0 Å². The number of hydrogen-bond acceptors (Lipinski definition) is 2. The Labute approximate surface area is 237 Å². The molecule has 1 fully saturated rings. The summed E-state index contributed by atoms with van der Waals surface area (Å²) in [5.41, 5.74) is 11.5. The highest BCUT2D eigenvalue weighted by Crippen LogP contribution is 2.35. The maximum Gasteiger partial charge on any atom is 0.170 e. The van der Waals surface area contributed by atoms with E-state index in [0.29, 0.717) is 16.9 Å². The van der Waals surface area contributed by atoms with E-state index in [1.807, 2.05) is 39.0 Å². The third kappa shape index (κ3) is 12.0. The summed E-state index contributed by atoms with van der Waals surface area (Å²) < 4.78 is 14.4. The van der Waals surface area contributed by atoms with Crippen molar-refractivity contribution in [1.82, 2.24) is 0 Å². The molecular weight excluding hydrogens is 481 g/mol. The molecule has 0 radical (unpaired) electrons. The second-order valence-electron chi connectivity index (χ2n) is 11.6.